The molecular weight excluding hydrogens is 288 g/mol. The molecule has 0 saturated heterocycles. The summed E-state index contributed by atoms with van der Waals surface area (Å²) in [7, 11) is 0. The number of benzene rings is 2. The van der Waals surface area contributed by atoms with E-state index in [9.17, 15) is 0 Å². The summed E-state index contributed by atoms with van der Waals surface area (Å²) in [5.74, 6) is 0.682. The molecule has 2 aromatic rings. The molecule has 0 spiro atoms. The Morgan fingerprint density at radius 2 is 1.75 bits per heavy atom. The van der Waals surface area contributed by atoms with Crippen molar-refractivity contribution in [3.8, 4) is 11.1 Å². The average Bonchev–Trinajstić information content (AvgIpc) is 3.05. The minimum Gasteiger partial charge on any atom is -0.0651 e. The number of rotatable bonds is 6. The topological polar surface area (TPSA) is 0 Å². The van der Waals surface area contributed by atoms with Gasteiger partial charge in [-0.05, 0) is 65.0 Å². The number of fused-ring (bicyclic) bond motifs is 1. The van der Waals surface area contributed by atoms with Crippen molar-refractivity contribution in [1.82, 2.24) is 0 Å². The molecule has 0 aromatic heterocycles. The third-order valence-corrected chi connectivity index (χ3v) is 5.58. The highest BCUT2D eigenvalue weighted by atomic mass is 14.3. The van der Waals surface area contributed by atoms with Crippen molar-refractivity contribution < 1.29 is 0 Å². The third-order valence-electron chi connectivity index (χ3n) is 5.58. The van der Waals surface area contributed by atoms with Crippen molar-refractivity contribution in [2.75, 3.05) is 0 Å². The summed E-state index contributed by atoms with van der Waals surface area (Å²) in [4.78, 5) is 0. The van der Waals surface area contributed by atoms with Gasteiger partial charge in [0.25, 0.3) is 0 Å². The molecule has 1 atom stereocenters. The molecule has 0 saturated carbocycles. The maximum atomic E-state index is 2.50. The fraction of sp³-hybridized carbons (Fsp3) is 0.417. The zero-order valence-electron chi connectivity index (χ0n) is 15.7. The molecule has 1 unspecified atom stereocenters. The fourth-order valence-corrected chi connectivity index (χ4v) is 3.93. The standard InChI is InChI=1S/C24H30/c1-5-10-19-13-14-20-15-21(17(4)6-2)16-23(20)24(19)22-12-9-8-11-18(22)7-3/h8-9,11-14,16-17H,5-7,10,15H2,1-4H3. The van der Waals surface area contributed by atoms with Crippen molar-refractivity contribution >= 4 is 6.08 Å². The Morgan fingerprint density at radius 1 is 0.958 bits per heavy atom. The molecule has 1 aliphatic carbocycles. The van der Waals surface area contributed by atoms with E-state index >= 15 is 0 Å². The van der Waals surface area contributed by atoms with E-state index in [1.54, 1.807) is 5.57 Å². The van der Waals surface area contributed by atoms with Gasteiger partial charge in [-0.2, -0.15) is 0 Å². The molecule has 0 N–H and O–H groups in total. The van der Waals surface area contributed by atoms with Crippen LogP contribution in [0.5, 0.6) is 0 Å². The van der Waals surface area contributed by atoms with E-state index in [-0.39, 0.29) is 0 Å². The van der Waals surface area contributed by atoms with E-state index in [0.29, 0.717) is 5.92 Å². The lowest BCUT2D eigenvalue weighted by molar-refractivity contribution is 0.647. The summed E-state index contributed by atoms with van der Waals surface area (Å²) in [6.45, 7) is 9.21. The van der Waals surface area contributed by atoms with Crippen LogP contribution in [0.3, 0.4) is 0 Å². The molecule has 2 aromatic carbocycles. The highest BCUT2D eigenvalue weighted by molar-refractivity contribution is 5.84. The first kappa shape index (κ1) is 17.0. The lowest BCUT2D eigenvalue weighted by atomic mass is 9.87. The van der Waals surface area contributed by atoms with Crippen LogP contribution in [-0.2, 0) is 19.3 Å². The number of hydrogen-bond donors (Lipinski definition) is 0. The molecule has 0 nitrogen and oxygen atoms in total. The first-order valence-corrected chi connectivity index (χ1v) is 9.63. The Hall–Kier alpha value is -1.82. The molecule has 126 valence electrons. The van der Waals surface area contributed by atoms with E-state index in [1.807, 2.05) is 0 Å². The van der Waals surface area contributed by atoms with Gasteiger partial charge in [0.1, 0.15) is 0 Å². The maximum absolute atomic E-state index is 2.50. The van der Waals surface area contributed by atoms with Crippen LogP contribution in [0.2, 0.25) is 0 Å². The van der Waals surface area contributed by atoms with Crippen molar-refractivity contribution in [2.24, 2.45) is 5.92 Å². The number of allylic oxidation sites excluding steroid dienone is 1. The number of hydrogen-bond acceptors (Lipinski definition) is 0. The Labute approximate surface area is 147 Å². The summed E-state index contributed by atoms with van der Waals surface area (Å²) in [6.07, 6.45) is 8.31. The van der Waals surface area contributed by atoms with Crippen LogP contribution in [0, 0.1) is 5.92 Å². The van der Waals surface area contributed by atoms with Gasteiger partial charge in [0, 0.05) is 0 Å². The molecule has 3 rings (SSSR count). The largest absolute Gasteiger partial charge is 0.0651 e. The summed E-state index contributed by atoms with van der Waals surface area (Å²) in [5.41, 5.74) is 10.6. The first-order valence-electron chi connectivity index (χ1n) is 9.63. The Kier molecular flexibility index (Phi) is 5.23. The van der Waals surface area contributed by atoms with Crippen LogP contribution < -0.4 is 0 Å². The van der Waals surface area contributed by atoms with Gasteiger partial charge < -0.3 is 0 Å². The molecule has 0 bridgehead atoms. The van der Waals surface area contributed by atoms with Gasteiger partial charge in [-0.15, -0.1) is 0 Å². The van der Waals surface area contributed by atoms with E-state index in [2.05, 4.69) is 70.2 Å². The van der Waals surface area contributed by atoms with Crippen LogP contribution in [0.15, 0.2) is 42.0 Å². The minimum atomic E-state index is 0.682. The lowest BCUT2D eigenvalue weighted by Gasteiger charge is -2.17. The van der Waals surface area contributed by atoms with E-state index in [0.717, 1.165) is 19.3 Å². The van der Waals surface area contributed by atoms with Gasteiger partial charge >= 0.3 is 0 Å². The minimum absolute atomic E-state index is 0.682. The maximum Gasteiger partial charge on any atom is -0.00549 e. The molecule has 0 aliphatic heterocycles. The average molecular weight is 319 g/mol. The zero-order chi connectivity index (χ0) is 17.1. The van der Waals surface area contributed by atoms with E-state index in [4.69, 9.17) is 0 Å². The molecular formula is C24H30. The van der Waals surface area contributed by atoms with Crippen molar-refractivity contribution in [2.45, 2.75) is 59.8 Å². The molecule has 0 heteroatoms. The Balaban J connectivity index is 2.20. The highest BCUT2D eigenvalue weighted by Gasteiger charge is 2.22. The van der Waals surface area contributed by atoms with E-state index < -0.39 is 0 Å². The Bertz CT molecular complexity index is 749. The van der Waals surface area contributed by atoms with Crippen LogP contribution >= 0.6 is 0 Å². The summed E-state index contributed by atoms with van der Waals surface area (Å²) in [6, 6.07) is 13.7. The van der Waals surface area contributed by atoms with E-state index in [1.165, 1.54) is 46.2 Å². The van der Waals surface area contributed by atoms with Crippen molar-refractivity contribution in [3.63, 3.8) is 0 Å². The zero-order valence-corrected chi connectivity index (χ0v) is 15.7. The molecule has 0 radical (unpaired) electrons. The highest BCUT2D eigenvalue weighted by Crippen LogP contribution is 2.40. The summed E-state index contributed by atoms with van der Waals surface area (Å²) >= 11 is 0. The molecule has 0 fully saturated rings. The fourth-order valence-electron chi connectivity index (χ4n) is 3.93. The van der Waals surface area contributed by atoms with Crippen LogP contribution in [0.4, 0.5) is 0 Å². The van der Waals surface area contributed by atoms with Gasteiger partial charge in [-0.3, -0.25) is 0 Å². The summed E-state index contributed by atoms with van der Waals surface area (Å²) in [5, 5.41) is 0. The predicted molar refractivity (Wildman–Crippen MR) is 106 cm³/mol. The van der Waals surface area contributed by atoms with Gasteiger partial charge in [-0.1, -0.05) is 82.2 Å². The summed E-state index contributed by atoms with van der Waals surface area (Å²) < 4.78 is 0. The molecule has 1 aliphatic rings. The Morgan fingerprint density at radius 3 is 2.46 bits per heavy atom. The van der Waals surface area contributed by atoms with Crippen LogP contribution in [-0.4, -0.2) is 0 Å². The second-order valence-electron chi connectivity index (χ2n) is 7.14. The second kappa shape index (κ2) is 7.38. The lowest BCUT2D eigenvalue weighted by Crippen LogP contribution is -1.99. The van der Waals surface area contributed by atoms with Crippen LogP contribution in [0.1, 0.15) is 62.8 Å². The van der Waals surface area contributed by atoms with Gasteiger partial charge in [-0.25, -0.2) is 0 Å². The smallest absolute Gasteiger partial charge is 0.00549 e. The van der Waals surface area contributed by atoms with Crippen molar-refractivity contribution in [1.29, 1.82) is 0 Å². The second-order valence-corrected chi connectivity index (χ2v) is 7.14. The molecule has 24 heavy (non-hydrogen) atoms. The quantitative estimate of drug-likeness (QED) is 0.546. The third kappa shape index (κ3) is 3.07. The molecule has 0 amide bonds. The number of aryl methyl sites for hydroxylation is 2. The molecule has 0 heterocycles. The predicted octanol–water partition coefficient (Wildman–Crippen LogP) is 6.85. The van der Waals surface area contributed by atoms with Gasteiger partial charge in [0.15, 0.2) is 0 Å². The van der Waals surface area contributed by atoms with Crippen molar-refractivity contribution in [3.05, 3.63) is 64.2 Å². The monoisotopic (exact) mass is 318 g/mol. The SMILES string of the molecule is CCCc1ccc2c(c1-c1ccccc1CC)C=C(C(C)CC)C2. The van der Waals surface area contributed by atoms with Gasteiger partial charge in [0.2, 0.25) is 0 Å². The first-order chi connectivity index (χ1) is 11.7. The normalized spacial score (nSPS) is 14.4. The van der Waals surface area contributed by atoms with Crippen LogP contribution in [0.25, 0.3) is 17.2 Å². The van der Waals surface area contributed by atoms with Gasteiger partial charge in [0.05, 0.1) is 0 Å².